The van der Waals surface area contributed by atoms with Gasteiger partial charge in [0.1, 0.15) is 0 Å². The second-order valence-corrected chi connectivity index (χ2v) is 5.93. The predicted octanol–water partition coefficient (Wildman–Crippen LogP) is 1.45. The van der Waals surface area contributed by atoms with E-state index in [4.69, 9.17) is 5.73 Å². The first-order chi connectivity index (χ1) is 10.6. The van der Waals surface area contributed by atoms with Crippen molar-refractivity contribution in [1.29, 1.82) is 0 Å². The quantitative estimate of drug-likeness (QED) is 0.864. The summed E-state index contributed by atoms with van der Waals surface area (Å²) in [5.74, 6) is 0.505. The summed E-state index contributed by atoms with van der Waals surface area (Å²) < 4.78 is 0. The molecule has 1 saturated heterocycles. The van der Waals surface area contributed by atoms with Crippen LogP contribution >= 0.6 is 0 Å². The first kappa shape index (κ1) is 16.5. The number of hydrogen-bond acceptors (Lipinski definition) is 3. The number of nitrogens with one attached hydrogen (secondary N) is 1. The third kappa shape index (κ3) is 4.56. The van der Waals surface area contributed by atoms with E-state index in [-0.39, 0.29) is 17.9 Å². The number of rotatable bonds is 5. The molecule has 1 heterocycles. The average molecular weight is 303 g/mol. The van der Waals surface area contributed by atoms with E-state index < -0.39 is 0 Å². The molecule has 0 spiro atoms. The van der Waals surface area contributed by atoms with Crippen LogP contribution in [0.2, 0.25) is 0 Å². The molecule has 1 aromatic rings. The van der Waals surface area contributed by atoms with Crippen molar-refractivity contribution in [1.82, 2.24) is 10.2 Å². The highest BCUT2D eigenvalue weighted by atomic mass is 16.2. The van der Waals surface area contributed by atoms with Crippen LogP contribution in [0.1, 0.15) is 37.8 Å². The normalized spacial score (nSPS) is 17.1. The summed E-state index contributed by atoms with van der Waals surface area (Å²) in [7, 11) is 0. The second-order valence-electron chi connectivity index (χ2n) is 5.93. The minimum atomic E-state index is -0.265. The molecule has 1 aliphatic heterocycles. The molecule has 22 heavy (non-hydrogen) atoms. The maximum atomic E-state index is 12.5. The Morgan fingerprint density at radius 3 is 2.45 bits per heavy atom. The standard InChI is InChI=1S/C17H25N3O2/c1-13(21)19-16(15-5-3-2-4-6-15)11-17(22)20-9-7-14(12-18)8-10-20/h2-6,14,16H,7-12,18H2,1H3,(H,19,21). The van der Waals surface area contributed by atoms with Gasteiger partial charge < -0.3 is 16.0 Å². The number of hydrogen-bond donors (Lipinski definition) is 2. The Labute approximate surface area is 131 Å². The van der Waals surface area contributed by atoms with Crippen LogP contribution in [0, 0.1) is 5.92 Å². The molecule has 1 fully saturated rings. The zero-order chi connectivity index (χ0) is 15.9. The fraction of sp³-hybridized carbons (Fsp3) is 0.529. The molecule has 0 saturated carbocycles. The molecule has 0 bridgehead atoms. The van der Waals surface area contributed by atoms with Crippen LogP contribution in [0.4, 0.5) is 0 Å². The first-order valence-corrected chi connectivity index (χ1v) is 7.90. The van der Waals surface area contributed by atoms with Gasteiger partial charge in [0, 0.05) is 20.0 Å². The number of nitrogens with zero attached hydrogens (tertiary/aromatic N) is 1. The van der Waals surface area contributed by atoms with Gasteiger partial charge in [0.15, 0.2) is 0 Å². The number of benzene rings is 1. The summed E-state index contributed by atoms with van der Waals surface area (Å²) in [4.78, 5) is 25.8. The molecule has 2 rings (SSSR count). The van der Waals surface area contributed by atoms with Crippen LogP contribution in [0.25, 0.3) is 0 Å². The lowest BCUT2D eigenvalue weighted by atomic mass is 9.96. The van der Waals surface area contributed by atoms with Gasteiger partial charge in [0.25, 0.3) is 0 Å². The molecular weight excluding hydrogens is 278 g/mol. The fourth-order valence-corrected chi connectivity index (χ4v) is 2.90. The van der Waals surface area contributed by atoms with Crippen LogP contribution in [-0.2, 0) is 9.59 Å². The molecule has 0 aliphatic carbocycles. The fourth-order valence-electron chi connectivity index (χ4n) is 2.90. The maximum Gasteiger partial charge on any atom is 0.224 e. The van der Waals surface area contributed by atoms with Crippen LogP contribution in [0.3, 0.4) is 0 Å². The summed E-state index contributed by atoms with van der Waals surface area (Å²) in [6.07, 6.45) is 2.24. The summed E-state index contributed by atoms with van der Waals surface area (Å²) in [5.41, 5.74) is 6.65. The van der Waals surface area contributed by atoms with Crippen molar-refractivity contribution in [2.24, 2.45) is 11.7 Å². The minimum Gasteiger partial charge on any atom is -0.349 e. The lowest BCUT2D eigenvalue weighted by Crippen LogP contribution is -2.41. The zero-order valence-corrected chi connectivity index (χ0v) is 13.1. The average Bonchev–Trinajstić information content (AvgIpc) is 2.54. The Hall–Kier alpha value is -1.88. The highest BCUT2D eigenvalue weighted by Crippen LogP contribution is 2.21. The summed E-state index contributed by atoms with van der Waals surface area (Å²) in [6, 6.07) is 9.37. The predicted molar refractivity (Wildman–Crippen MR) is 86.0 cm³/mol. The molecule has 5 heteroatoms. The van der Waals surface area contributed by atoms with E-state index in [2.05, 4.69) is 5.32 Å². The third-order valence-corrected chi connectivity index (χ3v) is 4.26. The number of amides is 2. The molecule has 1 unspecified atom stereocenters. The Morgan fingerprint density at radius 2 is 1.91 bits per heavy atom. The molecule has 1 aromatic carbocycles. The van der Waals surface area contributed by atoms with E-state index in [9.17, 15) is 9.59 Å². The lowest BCUT2D eigenvalue weighted by Gasteiger charge is -2.32. The highest BCUT2D eigenvalue weighted by molar-refractivity contribution is 5.79. The van der Waals surface area contributed by atoms with Crippen molar-refractivity contribution in [2.45, 2.75) is 32.2 Å². The summed E-state index contributed by atoms with van der Waals surface area (Å²) in [6.45, 7) is 3.71. The first-order valence-electron chi connectivity index (χ1n) is 7.90. The van der Waals surface area contributed by atoms with E-state index in [0.29, 0.717) is 18.9 Å². The van der Waals surface area contributed by atoms with Gasteiger partial charge in [-0.15, -0.1) is 0 Å². The van der Waals surface area contributed by atoms with Gasteiger partial charge in [-0.1, -0.05) is 30.3 Å². The van der Waals surface area contributed by atoms with Crippen molar-refractivity contribution in [2.75, 3.05) is 19.6 Å². The molecule has 1 atom stereocenters. The Morgan fingerprint density at radius 1 is 1.27 bits per heavy atom. The van der Waals surface area contributed by atoms with Gasteiger partial charge in [0.2, 0.25) is 11.8 Å². The molecular formula is C17H25N3O2. The van der Waals surface area contributed by atoms with Gasteiger partial charge in [-0.05, 0) is 30.9 Å². The van der Waals surface area contributed by atoms with Crippen LogP contribution in [-0.4, -0.2) is 36.3 Å². The SMILES string of the molecule is CC(=O)NC(CC(=O)N1CCC(CN)CC1)c1ccccc1. The van der Waals surface area contributed by atoms with E-state index >= 15 is 0 Å². The van der Waals surface area contributed by atoms with Gasteiger partial charge in [-0.3, -0.25) is 9.59 Å². The van der Waals surface area contributed by atoms with E-state index in [0.717, 1.165) is 31.5 Å². The van der Waals surface area contributed by atoms with Gasteiger partial charge in [0.05, 0.1) is 12.5 Å². The van der Waals surface area contributed by atoms with Crippen LogP contribution in [0.15, 0.2) is 30.3 Å². The Kier molecular flexibility index (Phi) is 5.95. The number of carbonyl (C=O) groups is 2. The molecule has 0 aromatic heterocycles. The van der Waals surface area contributed by atoms with E-state index in [1.54, 1.807) is 0 Å². The molecule has 0 radical (unpaired) electrons. The minimum absolute atomic E-state index is 0.0954. The zero-order valence-electron chi connectivity index (χ0n) is 13.1. The molecule has 3 N–H and O–H groups in total. The number of likely N-dealkylation sites (tertiary alicyclic amines) is 1. The Balaban J connectivity index is 1.98. The number of carbonyl (C=O) groups excluding carboxylic acids is 2. The van der Waals surface area contributed by atoms with Crippen molar-refractivity contribution in [3.8, 4) is 0 Å². The van der Waals surface area contributed by atoms with Crippen LogP contribution in [0.5, 0.6) is 0 Å². The lowest BCUT2D eigenvalue weighted by molar-refractivity contribution is -0.133. The second kappa shape index (κ2) is 7.94. The van der Waals surface area contributed by atoms with E-state index in [1.807, 2.05) is 35.2 Å². The number of nitrogens with two attached hydrogens (primary N) is 1. The van der Waals surface area contributed by atoms with Gasteiger partial charge in [-0.25, -0.2) is 0 Å². The highest BCUT2D eigenvalue weighted by Gasteiger charge is 2.25. The largest absolute Gasteiger partial charge is 0.349 e. The van der Waals surface area contributed by atoms with Crippen molar-refractivity contribution in [3.63, 3.8) is 0 Å². The van der Waals surface area contributed by atoms with E-state index in [1.165, 1.54) is 6.92 Å². The monoisotopic (exact) mass is 303 g/mol. The molecule has 1 aliphatic rings. The van der Waals surface area contributed by atoms with Crippen molar-refractivity contribution < 1.29 is 9.59 Å². The smallest absolute Gasteiger partial charge is 0.224 e. The van der Waals surface area contributed by atoms with Crippen LogP contribution < -0.4 is 11.1 Å². The topological polar surface area (TPSA) is 75.4 Å². The summed E-state index contributed by atoms with van der Waals surface area (Å²) in [5, 5.41) is 2.88. The third-order valence-electron chi connectivity index (χ3n) is 4.26. The summed E-state index contributed by atoms with van der Waals surface area (Å²) >= 11 is 0. The Bertz CT molecular complexity index is 496. The van der Waals surface area contributed by atoms with Crippen molar-refractivity contribution in [3.05, 3.63) is 35.9 Å². The van der Waals surface area contributed by atoms with Gasteiger partial charge >= 0.3 is 0 Å². The number of piperidine rings is 1. The maximum absolute atomic E-state index is 12.5. The van der Waals surface area contributed by atoms with Gasteiger partial charge in [-0.2, -0.15) is 0 Å². The van der Waals surface area contributed by atoms with Crippen molar-refractivity contribution >= 4 is 11.8 Å². The molecule has 2 amide bonds. The molecule has 5 nitrogen and oxygen atoms in total. The molecule has 120 valence electrons.